The van der Waals surface area contributed by atoms with Gasteiger partial charge in [-0.2, -0.15) is 5.26 Å². The van der Waals surface area contributed by atoms with E-state index in [2.05, 4.69) is 11.4 Å². The summed E-state index contributed by atoms with van der Waals surface area (Å²) in [5, 5.41) is 12.5. The van der Waals surface area contributed by atoms with Crippen LogP contribution in [-0.2, 0) is 4.79 Å². The molecular weight excluding hydrogens is 268 g/mol. The van der Waals surface area contributed by atoms with E-state index in [-0.39, 0.29) is 5.91 Å². The molecule has 1 aliphatic carbocycles. The number of benzene rings is 1. The molecule has 0 bridgehead atoms. The third-order valence-electron chi connectivity index (χ3n) is 3.96. The molecule has 106 valence electrons. The smallest absolute Gasteiger partial charge is 0.244 e. The van der Waals surface area contributed by atoms with Crippen molar-refractivity contribution in [3.05, 3.63) is 24.3 Å². The largest absolute Gasteiger partial charge is 0.324 e. The number of hydrogen-bond donors (Lipinski definition) is 1. The van der Waals surface area contributed by atoms with Gasteiger partial charge in [0.25, 0.3) is 0 Å². The summed E-state index contributed by atoms with van der Waals surface area (Å²) in [6.45, 7) is 0. The summed E-state index contributed by atoms with van der Waals surface area (Å²) in [5.41, 5.74) is -0.0361. The van der Waals surface area contributed by atoms with Crippen LogP contribution in [0.1, 0.15) is 38.5 Å². The van der Waals surface area contributed by atoms with Gasteiger partial charge >= 0.3 is 0 Å². The molecule has 0 aromatic heterocycles. The minimum atomic E-state index is -0.845. The summed E-state index contributed by atoms with van der Waals surface area (Å²) >= 11 is 1.60. The number of para-hydroxylation sites is 1. The van der Waals surface area contributed by atoms with Crippen molar-refractivity contribution >= 4 is 23.4 Å². The van der Waals surface area contributed by atoms with Crippen LogP contribution in [0, 0.1) is 16.7 Å². The topological polar surface area (TPSA) is 52.9 Å². The fraction of sp³-hybridized carbons (Fsp3) is 0.500. The molecule has 0 unspecified atom stereocenters. The van der Waals surface area contributed by atoms with Crippen molar-refractivity contribution in [1.29, 1.82) is 5.26 Å². The minimum Gasteiger partial charge on any atom is -0.324 e. The van der Waals surface area contributed by atoms with Gasteiger partial charge in [0.05, 0.1) is 11.8 Å². The van der Waals surface area contributed by atoms with Crippen molar-refractivity contribution in [2.75, 3.05) is 11.6 Å². The van der Waals surface area contributed by atoms with Crippen LogP contribution in [0.4, 0.5) is 5.69 Å². The molecule has 3 nitrogen and oxygen atoms in total. The SMILES string of the molecule is CSc1ccccc1NC(=O)C1(C#N)CCCCCC1. The van der Waals surface area contributed by atoms with Gasteiger partial charge in [-0.15, -0.1) is 11.8 Å². The van der Waals surface area contributed by atoms with E-state index in [0.29, 0.717) is 12.8 Å². The Morgan fingerprint density at radius 3 is 2.50 bits per heavy atom. The highest BCUT2D eigenvalue weighted by Crippen LogP contribution is 2.36. The molecule has 20 heavy (non-hydrogen) atoms. The number of thioether (sulfide) groups is 1. The monoisotopic (exact) mass is 288 g/mol. The van der Waals surface area contributed by atoms with Gasteiger partial charge in [0.15, 0.2) is 0 Å². The molecular formula is C16H20N2OS. The maximum atomic E-state index is 12.6. The second-order valence-electron chi connectivity index (χ2n) is 5.26. The maximum Gasteiger partial charge on any atom is 0.244 e. The van der Waals surface area contributed by atoms with E-state index in [4.69, 9.17) is 0 Å². The molecule has 1 N–H and O–H groups in total. The molecule has 4 heteroatoms. The minimum absolute atomic E-state index is 0.136. The number of hydrogen-bond acceptors (Lipinski definition) is 3. The van der Waals surface area contributed by atoms with Crippen molar-refractivity contribution in [2.45, 2.75) is 43.4 Å². The van der Waals surface area contributed by atoms with Gasteiger partial charge in [-0.25, -0.2) is 0 Å². The van der Waals surface area contributed by atoms with Gasteiger partial charge in [0, 0.05) is 4.90 Å². The number of carbonyl (C=O) groups is 1. The summed E-state index contributed by atoms with van der Waals surface area (Å²) in [6, 6.07) is 10.0. The molecule has 0 spiro atoms. The summed E-state index contributed by atoms with van der Waals surface area (Å²) in [6.07, 6.45) is 7.51. The van der Waals surface area contributed by atoms with Gasteiger partial charge in [0.1, 0.15) is 5.41 Å². The maximum absolute atomic E-state index is 12.6. The molecule has 1 aliphatic rings. The number of carbonyl (C=O) groups excluding carboxylic acids is 1. The molecule has 0 radical (unpaired) electrons. The third kappa shape index (κ3) is 3.16. The van der Waals surface area contributed by atoms with E-state index >= 15 is 0 Å². The number of nitrogens with zero attached hydrogens (tertiary/aromatic N) is 1. The number of nitrogens with one attached hydrogen (secondary N) is 1. The predicted molar refractivity (Wildman–Crippen MR) is 82.6 cm³/mol. The van der Waals surface area contributed by atoms with Crippen molar-refractivity contribution in [1.82, 2.24) is 0 Å². The normalized spacial score (nSPS) is 17.8. The highest BCUT2D eigenvalue weighted by molar-refractivity contribution is 7.98. The lowest BCUT2D eigenvalue weighted by Gasteiger charge is -2.24. The number of nitriles is 1. The van der Waals surface area contributed by atoms with Gasteiger partial charge in [0.2, 0.25) is 5.91 Å². The van der Waals surface area contributed by atoms with Crippen molar-refractivity contribution in [2.24, 2.45) is 5.41 Å². The van der Waals surface area contributed by atoms with E-state index < -0.39 is 5.41 Å². The van der Waals surface area contributed by atoms with E-state index in [1.165, 1.54) is 0 Å². The van der Waals surface area contributed by atoms with Gasteiger partial charge in [-0.1, -0.05) is 37.8 Å². The van der Waals surface area contributed by atoms with Gasteiger partial charge < -0.3 is 5.32 Å². The van der Waals surface area contributed by atoms with Crippen LogP contribution < -0.4 is 5.32 Å². The first kappa shape index (κ1) is 14.9. The highest BCUT2D eigenvalue weighted by atomic mass is 32.2. The van der Waals surface area contributed by atoms with Crippen LogP contribution in [0.25, 0.3) is 0 Å². The zero-order valence-corrected chi connectivity index (χ0v) is 12.6. The van der Waals surface area contributed by atoms with E-state index in [1.54, 1.807) is 11.8 Å². The molecule has 0 saturated heterocycles. The number of anilines is 1. The van der Waals surface area contributed by atoms with E-state index in [9.17, 15) is 10.1 Å². The Morgan fingerprint density at radius 2 is 1.90 bits per heavy atom. The molecule has 0 aliphatic heterocycles. The Hall–Kier alpha value is -1.47. The molecule has 1 fully saturated rings. The fourth-order valence-corrected chi connectivity index (χ4v) is 3.27. The van der Waals surface area contributed by atoms with Crippen LogP contribution >= 0.6 is 11.8 Å². The fourth-order valence-electron chi connectivity index (χ4n) is 2.71. The van der Waals surface area contributed by atoms with Crippen molar-refractivity contribution < 1.29 is 4.79 Å². The van der Waals surface area contributed by atoms with Crippen LogP contribution in [0.5, 0.6) is 0 Å². The Bertz CT molecular complexity index is 513. The Balaban J connectivity index is 2.19. The van der Waals surface area contributed by atoms with Crippen molar-refractivity contribution in [3.63, 3.8) is 0 Å². The van der Waals surface area contributed by atoms with Gasteiger partial charge in [-0.3, -0.25) is 4.79 Å². The van der Waals surface area contributed by atoms with E-state index in [0.717, 1.165) is 36.3 Å². The third-order valence-corrected chi connectivity index (χ3v) is 4.76. The second kappa shape index (κ2) is 6.81. The Morgan fingerprint density at radius 1 is 1.25 bits per heavy atom. The first-order valence-corrected chi connectivity index (χ1v) is 8.30. The average molecular weight is 288 g/mol. The second-order valence-corrected chi connectivity index (χ2v) is 6.11. The van der Waals surface area contributed by atoms with Crippen LogP contribution in [-0.4, -0.2) is 12.2 Å². The highest BCUT2D eigenvalue weighted by Gasteiger charge is 2.39. The lowest BCUT2D eigenvalue weighted by Crippen LogP contribution is -2.34. The standard InChI is InChI=1S/C16H20N2OS/c1-20-14-9-5-4-8-13(14)18-15(19)16(12-17)10-6-2-3-7-11-16/h4-5,8-9H,2-3,6-7,10-11H2,1H3,(H,18,19). The van der Waals surface area contributed by atoms with Crippen LogP contribution in [0.15, 0.2) is 29.2 Å². The number of amides is 1. The summed E-state index contributed by atoms with van der Waals surface area (Å²) in [5.74, 6) is -0.136. The zero-order chi connectivity index (χ0) is 14.4. The molecule has 1 saturated carbocycles. The molecule has 0 atom stereocenters. The predicted octanol–water partition coefficient (Wildman–Crippen LogP) is 4.21. The molecule has 1 aromatic carbocycles. The first-order chi connectivity index (χ1) is 9.72. The number of rotatable bonds is 3. The molecule has 2 rings (SSSR count). The van der Waals surface area contributed by atoms with E-state index in [1.807, 2.05) is 30.5 Å². The molecule has 1 aromatic rings. The summed E-state index contributed by atoms with van der Waals surface area (Å²) < 4.78 is 0. The molecule has 1 amide bonds. The van der Waals surface area contributed by atoms with Crippen molar-refractivity contribution in [3.8, 4) is 6.07 Å². The summed E-state index contributed by atoms with van der Waals surface area (Å²) in [4.78, 5) is 13.6. The summed E-state index contributed by atoms with van der Waals surface area (Å²) in [7, 11) is 0. The van der Waals surface area contributed by atoms with Crippen LogP contribution in [0.2, 0.25) is 0 Å². The Kier molecular flexibility index (Phi) is 5.08. The lowest BCUT2D eigenvalue weighted by atomic mass is 9.81. The lowest BCUT2D eigenvalue weighted by molar-refractivity contribution is -0.123. The van der Waals surface area contributed by atoms with Gasteiger partial charge in [-0.05, 0) is 31.2 Å². The first-order valence-electron chi connectivity index (χ1n) is 7.07. The molecule has 0 heterocycles. The van der Waals surface area contributed by atoms with Crippen LogP contribution in [0.3, 0.4) is 0 Å². The Labute approximate surface area is 124 Å². The average Bonchev–Trinajstić information content (AvgIpc) is 2.74. The zero-order valence-electron chi connectivity index (χ0n) is 11.8. The quantitative estimate of drug-likeness (QED) is 0.669.